The third-order valence-corrected chi connectivity index (χ3v) is 1.66. The molecule has 0 aliphatic rings. The maximum absolute atomic E-state index is 10.6. The van der Waals surface area contributed by atoms with Gasteiger partial charge in [-0.15, -0.1) is 12.4 Å². The fraction of sp³-hybridized carbons (Fsp3) is 0.222. The second-order valence-electron chi connectivity index (χ2n) is 2.70. The first kappa shape index (κ1) is 29.7. The molecular formula is C9H21ClN2O5. The van der Waals surface area contributed by atoms with Crippen LogP contribution in [0.5, 0.6) is 0 Å². The van der Waals surface area contributed by atoms with Crippen molar-refractivity contribution >= 4 is 18.3 Å². The summed E-state index contributed by atoms with van der Waals surface area (Å²) in [7, 11) is 0. The van der Waals surface area contributed by atoms with Crippen LogP contribution in [-0.4, -0.2) is 33.9 Å². The fourth-order valence-corrected chi connectivity index (χ4v) is 0.969. The Morgan fingerprint density at radius 2 is 1.47 bits per heavy atom. The number of hydrogen-bond acceptors (Lipinski definition) is 2. The minimum atomic E-state index is -0.576. The zero-order chi connectivity index (χ0) is 8.97. The topological polar surface area (TPSA) is 195 Å². The summed E-state index contributed by atoms with van der Waals surface area (Å²) in [4.78, 5) is 10.6. The van der Waals surface area contributed by atoms with Crippen molar-refractivity contribution < 1.29 is 26.7 Å². The van der Waals surface area contributed by atoms with Gasteiger partial charge in [0.15, 0.2) is 0 Å². The molecule has 104 valence electrons. The molecule has 1 aromatic rings. The van der Waals surface area contributed by atoms with Gasteiger partial charge in [0.1, 0.15) is 0 Å². The summed E-state index contributed by atoms with van der Waals surface area (Å²) < 4.78 is 0. The quantitative estimate of drug-likeness (QED) is 0.598. The molecule has 1 amide bonds. The number of carbonyl (C=O) groups excluding carboxylic acids is 1. The molecule has 1 atom stereocenters. The molecule has 8 heteroatoms. The molecule has 17 heavy (non-hydrogen) atoms. The van der Waals surface area contributed by atoms with E-state index in [0.717, 1.165) is 5.56 Å². The highest BCUT2D eigenvalue weighted by Gasteiger charge is 2.08. The van der Waals surface area contributed by atoms with Crippen molar-refractivity contribution in [2.24, 2.45) is 11.5 Å². The van der Waals surface area contributed by atoms with Crippen LogP contribution in [0.25, 0.3) is 0 Å². The number of carbonyl (C=O) groups is 1. The number of amides is 1. The minimum Gasteiger partial charge on any atom is -0.412 e. The molecule has 7 nitrogen and oxygen atoms in total. The number of halogens is 1. The van der Waals surface area contributed by atoms with Gasteiger partial charge in [0.2, 0.25) is 5.91 Å². The molecule has 0 unspecified atom stereocenters. The van der Waals surface area contributed by atoms with Crippen LogP contribution in [0.2, 0.25) is 0 Å². The SMILES string of the molecule is Cl.NC(=O)[C@@H](N)Cc1ccccc1.O.O.O.O. The molecule has 1 aromatic carbocycles. The zero-order valence-corrected chi connectivity index (χ0v) is 9.96. The lowest BCUT2D eigenvalue weighted by molar-refractivity contribution is -0.119. The second kappa shape index (κ2) is 14.8. The number of hydrogen-bond donors (Lipinski definition) is 2. The molecule has 0 aromatic heterocycles. The monoisotopic (exact) mass is 272 g/mol. The summed E-state index contributed by atoms with van der Waals surface area (Å²) in [5, 5.41) is 0. The summed E-state index contributed by atoms with van der Waals surface area (Å²) in [6.07, 6.45) is 0.510. The lowest BCUT2D eigenvalue weighted by Gasteiger charge is -2.06. The molecule has 0 aliphatic carbocycles. The largest absolute Gasteiger partial charge is 0.412 e. The highest BCUT2D eigenvalue weighted by atomic mass is 35.5. The Labute approximate surface area is 105 Å². The van der Waals surface area contributed by atoms with Gasteiger partial charge in [-0.25, -0.2) is 0 Å². The van der Waals surface area contributed by atoms with E-state index in [1.54, 1.807) is 0 Å². The van der Waals surface area contributed by atoms with Crippen LogP contribution in [0, 0.1) is 0 Å². The van der Waals surface area contributed by atoms with E-state index in [-0.39, 0.29) is 34.3 Å². The summed E-state index contributed by atoms with van der Waals surface area (Å²) in [5.41, 5.74) is 11.5. The molecule has 12 N–H and O–H groups in total. The van der Waals surface area contributed by atoms with Gasteiger partial charge >= 0.3 is 0 Å². The van der Waals surface area contributed by atoms with E-state index in [1.165, 1.54) is 0 Å². The van der Waals surface area contributed by atoms with Crippen molar-refractivity contribution in [2.75, 3.05) is 0 Å². The zero-order valence-electron chi connectivity index (χ0n) is 9.14. The van der Waals surface area contributed by atoms with E-state index in [2.05, 4.69) is 0 Å². The predicted molar refractivity (Wildman–Crippen MR) is 69.0 cm³/mol. The predicted octanol–water partition coefficient (Wildman–Crippen LogP) is -2.84. The Hall–Kier alpha value is -1.22. The van der Waals surface area contributed by atoms with E-state index in [9.17, 15) is 4.79 Å². The Bertz CT molecular complexity index is 273. The smallest absolute Gasteiger partial charge is 0.234 e. The third kappa shape index (κ3) is 11.1. The minimum absolute atomic E-state index is 0. The first-order valence-corrected chi connectivity index (χ1v) is 3.79. The van der Waals surface area contributed by atoms with Crippen molar-refractivity contribution in [2.45, 2.75) is 12.5 Å². The van der Waals surface area contributed by atoms with Gasteiger partial charge in [-0.3, -0.25) is 4.79 Å². The van der Waals surface area contributed by atoms with Crippen molar-refractivity contribution in [3.63, 3.8) is 0 Å². The van der Waals surface area contributed by atoms with Crippen molar-refractivity contribution in [1.29, 1.82) is 0 Å². The molecule has 0 spiro atoms. The molecule has 0 bridgehead atoms. The number of primary amides is 1. The van der Waals surface area contributed by atoms with Crippen molar-refractivity contribution in [3.8, 4) is 0 Å². The van der Waals surface area contributed by atoms with Crippen LogP contribution in [0.3, 0.4) is 0 Å². The highest BCUT2D eigenvalue weighted by Crippen LogP contribution is 2.00. The average Bonchev–Trinajstić information content (AvgIpc) is 2.06. The van der Waals surface area contributed by atoms with Gasteiger partial charge in [-0.05, 0) is 12.0 Å². The van der Waals surface area contributed by atoms with E-state index >= 15 is 0 Å². The molecule has 1 rings (SSSR count). The van der Waals surface area contributed by atoms with Gasteiger partial charge in [0.05, 0.1) is 6.04 Å². The van der Waals surface area contributed by atoms with E-state index in [0.29, 0.717) is 6.42 Å². The van der Waals surface area contributed by atoms with Gasteiger partial charge < -0.3 is 33.4 Å². The van der Waals surface area contributed by atoms with Crippen molar-refractivity contribution in [3.05, 3.63) is 35.9 Å². The second-order valence-corrected chi connectivity index (χ2v) is 2.70. The summed E-state index contributed by atoms with van der Waals surface area (Å²) in [6, 6.07) is 8.99. The van der Waals surface area contributed by atoms with Gasteiger partial charge in [-0.1, -0.05) is 30.3 Å². The fourth-order valence-electron chi connectivity index (χ4n) is 0.969. The average molecular weight is 273 g/mol. The van der Waals surface area contributed by atoms with E-state index < -0.39 is 11.9 Å². The summed E-state index contributed by atoms with van der Waals surface area (Å²) in [6.45, 7) is 0. The van der Waals surface area contributed by atoms with Crippen molar-refractivity contribution in [1.82, 2.24) is 0 Å². The molecular weight excluding hydrogens is 252 g/mol. The number of benzene rings is 1. The van der Waals surface area contributed by atoms with E-state index in [4.69, 9.17) is 11.5 Å². The molecule has 0 heterocycles. The molecule has 0 aliphatic heterocycles. The Balaban J connectivity index is -0.0000000960. The molecule has 0 saturated carbocycles. The van der Waals surface area contributed by atoms with Crippen LogP contribution < -0.4 is 11.5 Å². The van der Waals surface area contributed by atoms with E-state index in [1.807, 2.05) is 30.3 Å². The third-order valence-electron chi connectivity index (χ3n) is 1.66. The maximum atomic E-state index is 10.6. The Kier molecular flexibility index (Phi) is 25.8. The van der Waals surface area contributed by atoms with Gasteiger partial charge in [0, 0.05) is 0 Å². The van der Waals surface area contributed by atoms with Gasteiger partial charge in [-0.2, -0.15) is 0 Å². The standard InChI is InChI=1S/C9H12N2O.ClH.4H2O/c10-8(9(11)12)6-7-4-2-1-3-5-7;;;;;/h1-5,8H,6,10H2,(H2,11,12);1H;4*1H2/t8-;;;;;/m0...../s1. The van der Waals surface area contributed by atoms with Crippen LogP contribution in [0.15, 0.2) is 30.3 Å². The van der Waals surface area contributed by atoms with Crippen LogP contribution >= 0.6 is 12.4 Å². The number of rotatable bonds is 3. The molecule has 0 saturated heterocycles. The Morgan fingerprint density at radius 3 is 1.82 bits per heavy atom. The molecule has 0 fully saturated rings. The maximum Gasteiger partial charge on any atom is 0.234 e. The molecule has 0 radical (unpaired) electrons. The Morgan fingerprint density at radius 1 is 1.06 bits per heavy atom. The summed E-state index contributed by atoms with van der Waals surface area (Å²) in [5.74, 6) is -0.459. The van der Waals surface area contributed by atoms with Crippen LogP contribution in [0.1, 0.15) is 5.56 Å². The first-order valence-electron chi connectivity index (χ1n) is 3.79. The lowest BCUT2D eigenvalue weighted by atomic mass is 10.1. The first-order chi connectivity index (χ1) is 5.70. The summed E-state index contributed by atoms with van der Waals surface area (Å²) >= 11 is 0. The van der Waals surface area contributed by atoms with Gasteiger partial charge in [0.25, 0.3) is 0 Å². The number of nitrogens with two attached hydrogens (primary N) is 2. The highest BCUT2D eigenvalue weighted by molar-refractivity contribution is 5.85. The van der Waals surface area contributed by atoms with Crippen LogP contribution in [-0.2, 0) is 11.2 Å². The van der Waals surface area contributed by atoms with Crippen LogP contribution in [0.4, 0.5) is 0 Å². The normalized spacial score (nSPS) is 8.76. The lowest BCUT2D eigenvalue weighted by Crippen LogP contribution is -2.38.